The van der Waals surface area contributed by atoms with E-state index in [1.165, 1.54) is 12.1 Å². The summed E-state index contributed by atoms with van der Waals surface area (Å²) < 4.78 is 26.9. The van der Waals surface area contributed by atoms with E-state index < -0.39 is 11.6 Å². The molecule has 1 aromatic heterocycles. The molecule has 16 heavy (non-hydrogen) atoms. The van der Waals surface area contributed by atoms with Gasteiger partial charge in [0.25, 0.3) is 0 Å². The lowest BCUT2D eigenvalue weighted by molar-refractivity contribution is 0.557. The quantitative estimate of drug-likeness (QED) is 0.844. The molecule has 0 saturated carbocycles. The van der Waals surface area contributed by atoms with Crippen LogP contribution in [0.1, 0.15) is 5.56 Å². The van der Waals surface area contributed by atoms with E-state index in [2.05, 4.69) is 4.98 Å². The van der Waals surface area contributed by atoms with Crippen molar-refractivity contribution in [2.24, 2.45) is 5.73 Å². The van der Waals surface area contributed by atoms with Crippen molar-refractivity contribution < 1.29 is 8.78 Å². The summed E-state index contributed by atoms with van der Waals surface area (Å²) in [4.78, 5) is 4.02. The molecule has 4 heteroatoms. The van der Waals surface area contributed by atoms with E-state index in [1.54, 1.807) is 24.4 Å². The molecule has 2 aromatic rings. The lowest BCUT2D eigenvalue weighted by atomic mass is 10.1. The topological polar surface area (TPSA) is 38.9 Å². The molecular formula is C12H10F2N2. The number of pyridine rings is 1. The molecule has 2 nitrogen and oxygen atoms in total. The first kappa shape index (κ1) is 10.7. The van der Waals surface area contributed by atoms with Crippen molar-refractivity contribution in [1.82, 2.24) is 4.98 Å². The molecule has 0 aliphatic rings. The SMILES string of the molecule is NCc1c(F)cc(-c2ccccn2)cc1F. The molecule has 0 aliphatic heterocycles. The van der Waals surface area contributed by atoms with Crippen molar-refractivity contribution in [3.8, 4) is 11.3 Å². The Bertz CT molecular complexity index is 475. The average molecular weight is 220 g/mol. The third-order valence-electron chi connectivity index (χ3n) is 2.31. The van der Waals surface area contributed by atoms with E-state index >= 15 is 0 Å². The van der Waals surface area contributed by atoms with Gasteiger partial charge in [0.15, 0.2) is 0 Å². The predicted octanol–water partition coefficient (Wildman–Crippen LogP) is 2.49. The Balaban J connectivity index is 2.53. The average Bonchev–Trinajstić information content (AvgIpc) is 2.30. The molecule has 0 spiro atoms. The fraction of sp³-hybridized carbons (Fsp3) is 0.0833. The largest absolute Gasteiger partial charge is 0.326 e. The second-order valence-electron chi connectivity index (χ2n) is 3.34. The molecule has 0 atom stereocenters. The van der Waals surface area contributed by atoms with E-state index in [1.807, 2.05) is 0 Å². The van der Waals surface area contributed by atoms with Crippen LogP contribution in [0.3, 0.4) is 0 Å². The zero-order valence-corrected chi connectivity index (χ0v) is 8.45. The zero-order valence-electron chi connectivity index (χ0n) is 8.45. The number of hydrogen-bond acceptors (Lipinski definition) is 2. The van der Waals surface area contributed by atoms with Gasteiger partial charge >= 0.3 is 0 Å². The van der Waals surface area contributed by atoms with Crippen molar-refractivity contribution in [3.63, 3.8) is 0 Å². The molecule has 0 fully saturated rings. The summed E-state index contributed by atoms with van der Waals surface area (Å²) in [5, 5.41) is 0. The third-order valence-corrected chi connectivity index (χ3v) is 2.31. The Morgan fingerprint density at radius 2 is 1.81 bits per heavy atom. The fourth-order valence-electron chi connectivity index (χ4n) is 1.48. The van der Waals surface area contributed by atoms with Crippen molar-refractivity contribution in [2.45, 2.75) is 6.54 Å². The highest BCUT2D eigenvalue weighted by Crippen LogP contribution is 2.22. The highest BCUT2D eigenvalue weighted by Gasteiger charge is 2.10. The van der Waals surface area contributed by atoms with E-state index in [0.29, 0.717) is 11.3 Å². The molecule has 1 heterocycles. The molecule has 0 amide bonds. The first-order chi connectivity index (χ1) is 7.72. The van der Waals surface area contributed by atoms with Gasteiger partial charge in [0.05, 0.1) is 5.69 Å². The summed E-state index contributed by atoms with van der Waals surface area (Å²) in [6, 6.07) is 7.68. The van der Waals surface area contributed by atoms with Crippen LogP contribution in [-0.4, -0.2) is 4.98 Å². The van der Waals surface area contributed by atoms with E-state index in [9.17, 15) is 8.78 Å². The van der Waals surface area contributed by atoms with Crippen LogP contribution in [0.2, 0.25) is 0 Å². The van der Waals surface area contributed by atoms with Gasteiger partial charge in [-0.2, -0.15) is 0 Å². The minimum absolute atomic E-state index is 0.0975. The summed E-state index contributed by atoms with van der Waals surface area (Å²) in [7, 11) is 0. The van der Waals surface area contributed by atoms with Gasteiger partial charge in [-0.15, -0.1) is 0 Å². The third kappa shape index (κ3) is 1.92. The molecule has 2 rings (SSSR count). The maximum atomic E-state index is 13.4. The Labute approximate surface area is 91.7 Å². The standard InChI is InChI=1S/C12H10F2N2/c13-10-5-8(6-11(14)9(10)7-15)12-3-1-2-4-16-12/h1-6H,7,15H2. The van der Waals surface area contributed by atoms with Gasteiger partial charge in [-0.1, -0.05) is 6.07 Å². The molecule has 0 bridgehead atoms. The number of rotatable bonds is 2. The minimum atomic E-state index is -0.636. The van der Waals surface area contributed by atoms with Gasteiger partial charge in [0.2, 0.25) is 0 Å². The van der Waals surface area contributed by atoms with Crippen LogP contribution in [0.5, 0.6) is 0 Å². The molecule has 82 valence electrons. The summed E-state index contributed by atoms with van der Waals surface area (Å²) in [5.41, 5.74) is 6.09. The minimum Gasteiger partial charge on any atom is -0.326 e. The number of nitrogens with two attached hydrogens (primary N) is 1. The van der Waals surface area contributed by atoms with Gasteiger partial charge in [-0.25, -0.2) is 8.78 Å². The first-order valence-corrected chi connectivity index (χ1v) is 4.81. The Morgan fingerprint density at radius 1 is 1.12 bits per heavy atom. The Hall–Kier alpha value is -1.81. The lowest BCUT2D eigenvalue weighted by Gasteiger charge is -2.05. The Morgan fingerprint density at radius 3 is 2.31 bits per heavy atom. The van der Waals surface area contributed by atoms with Crippen LogP contribution in [-0.2, 0) is 6.54 Å². The number of nitrogens with zero attached hydrogens (tertiary/aromatic N) is 1. The molecular weight excluding hydrogens is 210 g/mol. The lowest BCUT2D eigenvalue weighted by Crippen LogP contribution is -2.03. The van der Waals surface area contributed by atoms with E-state index in [4.69, 9.17) is 5.73 Å². The predicted molar refractivity (Wildman–Crippen MR) is 57.5 cm³/mol. The first-order valence-electron chi connectivity index (χ1n) is 4.81. The summed E-state index contributed by atoms with van der Waals surface area (Å²) in [6.45, 7) is -0.153. The smallest absolute Gasteiger partial charge is 0.131 e. The van der Waals surface area contributed by atoms with Crippen LogP contribution in [0.15, 0.2) is 36.5 Å². The summed E-state index contributed by atoms with van der Waals surface area (Å²) in [6.07, 6.45) is 1.57. The molecule has 0 aliphatic carbocycles. The molecule has 0 unspecified atom stereocenters. The van der Waals surface area contributed by atoms with Gasteiger partial charge in [0, 0.05) is 23.9 Å². The fourth-order valence-corrected chi connectivity index (χ4v) is 1.48. The summed E-state index contributed by atoms with van der Waals surface area (Å²) >= 11 is 0. The highest BCUT2D eigenvalue weighted by molar-refractivity contribution is 5.59. The van der Waals surface area contributed by atoms with Crippen molar-refractivity contribution in [1.29, 1.82) is 0 Å². The van der Waals surface area contributed by atoms with Crippen LogP contribution in [0.4, 0.5) is 8.78 Å². The van der Waals surface area contributed by atoms with Crippen molar-refractivity contribution in [3.05, 3.63) is 53.7 Å². The van der Waals surface area contributed by atoms with Gasteiger partial charge in [-0.3, -0.25) is 4.98 Å². The number of aromatic nitrogens is 1. The highest BCUT2D eigenvalue weighted by atomic mass is 19.1. The van der Waals surface area contributed by atoms with E-state index in [-0.39, 0.29) is 12.1 Å². The zero-order chi connectivity index (χ0) is 11.5. The van der Waals surface area contributed by atoms with Gasteiger partial charge in [-0.05, 0) is 24.3 Å². The molecule has 1 aromatic carbocycles. The van der Waals surface area contributed by atoms with Crippen molar-refractivity contribution in [2.75, 3.05) is 0 Å². The number of hydrogen-bond donors (Lipinski definition) is 1. The normalized spacial score (nSPS) is 10.4. The second-order valence-corrected chi connectivity index (χ2v) is 3.34. The second kappa shape index (κ2) is 4.37. The maximum absolute atomic E-state index is 13.4. The van der Waals surface area contributed by atoms with Crippen LogP contribution in [0.25, 0.3) is 11.3 Å². The van der Waals surface area contributed by atoms with Crippen LogP contribution < -0.4 is 5.73 Å². The van der Waals surface area contributed by atoms with Crippen LogP contribution >= 0.6 is 0 Å². The number of halogens is 2. The van der Waals surface area contributed by atoms with Crippen LogP contribution in [0, 0.1) is 11.6 Å². The van der Waals surface area contributed by atoms with Crippen molar-refractivity contribution >= 4 is 0 Å². The maximum Gasteiger partial charge on any atom is 0.131 e. The number of benzene rings is 1. The molecule has 0 radical (unpaired) electrons. The molecule has 0 saturated heterocycles. The monoisotopic (exact) mass is 220 g/mol. The van der Waals surface area contributed by atoms with Gasteiger partial charge < -0.3 is 5.73 Å². The summed E-state index contributed by atoms with van der Waals surface area (Å²) in [5.74, 6) is -1.27. The Kier molecular flexibility index (Phi) is 2.92. The van der Waals surface area contributed by atoms with E-state index in [0.717, 1.165) is 0 Å². The van der Waals surface area contributed by atoms with Gasteiger partial charge in [0.1, 0.15) is 11.6 Å². The molecule has 2 N–H and O–H groups in total.